The van der Waals surface area contributed by atoms with Crippen molar-refractivity contribution in [3.05, 3.63) is 78.1 Å². The van der Waals surface area contributed by atoms with Gasteiger partial charge in [-0.05, 0) is 73.0 Å². The van der Waals surface area contributed by atoms with Gasteiger partial charge < -0.3 is 15.0 Å². The molecule has 1 aliphatic rings. The number of benzene rings is 2. The number of anilines is 3. The van der Waals surface area contributed by atoms with E-state index in [0.717, 1.165) is 49.0 Å². The molecule has 152 valence electrons. The number of nitrogens with one attached hydrogen (secondary N) is 1. The SMILES string of the molecule is Cc1ccc(-c2ccc(Nc3ccc(N4CCOCC4)cc3)c3nccn23)cc1C. The van der Waals surface area contributed by atoms with Gasteiger partial charge >= 0.3 is 0 Å². The van der Waals surface area contributed by atoms with E-state index in [1.165, 1.54) is 22.4 Å². The standard InChI is InChI=1S/C25H26N4O/c1-18-3-4-20(17-19(18)2)24-10-9-23(25-26-11-12-29(24)25)27-21-5-7-22(8-6-21)28-13-15-30-16-14-28/h3-12,17,27H,13-16H2,1-2H3. The molecule has 30 heavy (non-hydrogen) atoms. The van der Waals surface area contributed by atoms with Crippen molar-refractivity contribution in [2.75, 3.05) is 36.5 Å². The molecule has 5 rings (SSSR count). The molecule has 5 heteroatoms. The van der Waals surface area contributed by atoms with Crippen LogP contribution in [0, 0.1) is 13.8 Å². The van der Waals surface area contributed by atoms with Crippen LogP contribution in [0.2, 0.25) is 0 Å². The predicted octanol–water partition coefficient (Wildman–Crippen LogP) is 5.20. The molecule has 2 aromatic heterocycles. The van der Waals surface area contributed by atoms with Crippen LogP contribution in [0.3, 0.4) is 0 Å². The Bertz CT molecular complexity index is 1170. The average molecular weight is 399 g/mol. The first-order chi connectivity index (χ1) is 14.7. The van der Waals surface area contributed by atoms with E-state index in [-0.39, 0.29) is 0 Å². The van der Waals surface area contributed by atoms with Crippen molar-refractivity contribution in [2.45, 2.75) is 13.8 Å². The van der Waals surface area contributed by atoms with Crippen LogP contribution < -0.4 is 10.2 Å². The van der Waals surface area contributed by atoms with Crippen molar-refractivity contribution in [1.82, 2.24) is 9.38 Å². The lowest BCUT2D eigenvalue weighted by molar-refractivity contribution is 0.122. The number of aryl methyl sites for hydroxylation is 2. The summed E-state index contributed by atoms with van der Waals surface area (Å²) in [5.74, 6) is 0. The van der Waals surface area contributed by atoms with Crippen molar-refractivity contribution in [3.8, 4) is 11.3 Å². The Morgan fingerprint density at radius 2 is 1.70 bits per heavy atom. The zero-order chi connectivity index (χ0) is 20.5. The van der Waals surface area contributed by atoms with Gasteiger partial charge in [0.25, 0.3) is 0 Å². The second-order valence-corrected chi connectivity index (χ2v) is 7.82. The van der Waals surface area contributed by atoms with Gasteiger partial charge in [0.05, 0.1) is 24.6 Å². The Hall–Kier alpha value is -3.31. The van der Waals surface area contributed by atoms with Crippen LogP contribution in [0.25, 0.3) is 16.9 Å². The maximum absolute atomic E-state index is 5.45. The summed E-state index contributed by atoms with van der Waals surface area (Å²) in [6.45, 7) is 7.78. The fraction of sp³-hybridized carbons (Fsp3) is 0.240. The molecule has 0 atom stereocenters. The van der Waals surface area contributed by atoms with Gasteiger partial charge in [-0.3, -0.25) is 4.40 Å². The molecule has 0 radical (unpaired) electrons. The molecule has 0 aliphatic carbocycles. The van der Waals surface area contributed by atoms with Gasteiger partial charge in [-0.25, -0.2) is 4.98 Å². The number of hydrogen-bond donors (Lipinski definition) is 1. The fourth-order valence-corrected chi connectivity index (χ4v) is 3.98. The molecular weight excluding hydrogens is 372 g/mol. The molecule has 0 amide bonds. The lowest BCUT2D eigenvalue weighted by atomic mass is 10.0. The van der Waals surface area contributed by atoms with E-state index in [4.69, 9.17) is 4.74 Å². The Labute approximate surface area is 176 Å². The van der Waals surface area contributed by atoms with Crippen LogP contribution in [0.1, 0.15) is 11.1 Å². The number of hydrogen-bond acceptors (Lipinski definition) is 4. The number of fused-ring (bicyclic) bond motifs is 1. The van der Waals surface area contributed by atoms with E-state index in [9.17, 15) is 0 Å². The molecule has 5 nitrogen and oxygen atoms in total. The normalized spacial score (nSPS) is 14.3. The Morgan fingerprint density at radius 3 is 2.47 bits per heavy atom. The monoisotopic (exact) mass is 398 g/mol. The molecule has 3 heterocycles. The Kier molecular flexibility index (Phi) is 4.89. The van der Waals surface area contributed by atoms with E-state index < -0.39 is 0 Å². The summed E-state index contributed by atoms with van der Waals surface area (Å²) in [6, 6.07) is 19.4. The zero-order valence-electron chi connectivity index (χ0n) is 17.4. The highest BCUT2D eigenvalue weighted by Crippen LogP contribution is 2.29. The summed E-state index contributed by atoms with van der Waals surface area (Å²) in [6.07, 6.45) is 3.87. The highest BCUT2D eigenvalue weighted by molar-refractivity contribution is 5.78. The molecule has 0 saturated carbocycles. The van der Waals surface area contributed by atoms with Gasteiger partial charge in [-0.1, -0.05) is 12.1 Å². The van der Waals surface area contributed by atoms with Crippen molar-refractivity contribution < 1.29 is 4.74 Å². The summed E-state index contributed by atoms with van der Waals surface area (Å²) in [5.41, 5.74) is 9.13. The smallest absolute Gasteiger partial charge is 0.161 e. The largest absolute Gasteiger partial charge is 0.378 e. The molecule has 1 saturated heterocycles. The van der Waals surface area contributed by atoms with Crippen molar-refractivity contribution in [2.24, 2.45) is 0 Å². The van der Waals surface area contributed by atoms with Crippen LogP contribution in [-0.4, -0.2) is 35.7 Å². The molecule has 1 aliphatic heterocycles. The highest BCUT2D eigenvalue weighted by atomic mass is 16.5. The van der Waals surface area contributed by atoms with Crippen LogP contribution in [0.4, 0.5) is 17.1 Å². The van der Waals surface area contributed by atoms with Crippen LogP contribution >= 0.6 is 0 Å². The molecule has 0 bridgehead atoms. The molecular formula is C25H26N4O. The van der Waals surface area contributed by atoms with E-state index in [2.05, 4.69) is 88.0 Å². The minimum atomic E-state index is 0.796. The first-order valence-corrected chi connectivity index (χ1v) is 10.4. The average Bonchev–Trinajstić information content (AvgIpc) is 3.28. The summed E-state index contributed by atoms with van der Waals surface area (Å²) < 4.78 is 7.60. The van der Waals surface area contributed by atoms with Gasteiger partial charge in [0, 0.05) is 36.9 Å². The quantitative estimate of drug-likeness (QED) is 0.513. The summed E-state index contributed by atoms with van der Waals surface area (Å²) in [4.78, 5) is 6.97. The topological polar surface area (TPSA) is 41.8 Å². The van der Waals surface area contributed by atoms with Crippen molar-refractivity contribution in [1.29, 1.82) is 0 Å². The van der Waals surface area contributed by atoms with Crippen LogP contribution in [-0.2, 0) is 4.74 Å². The third-order valence-electron chi connectivity index (χ3n) is 5.87. The summed E-state index contributed by atoms with van der Waals surface area (Å²) in [5, 5.41) is 3.54. The number of nitrogens with zero attached hydrogens (tertiary/aromatic N) is 3. The van der Waals surface area contributed by atoms with Gasteiger partial charge in [-0.15, -0.1) is 0 Å². The zero-order valence-corrected chi connectivity index (χ0v) is 17.4. The molecule has 1 N–H and O–H groups in total. The first kappa shape index (κ1) is 18.7. The predicted molar refractivity (Wildman–Crippen MR) is 123 cm³/mol. The van der Waals surface area contributed by atoms with E-state index in [0.29, 0.717) is 0 Å². The minimum Gasteiger partial charge on any atom is -0.378 e. The van der Waals surface area contributed by atoms with Crippen molar-refractivity contribution in [3.63, 3.8) is 0 Å². The Balaban J connectivity index is 1.43. The first-order valence-electron chi connectivity index (χ1n) is 10.4. The highest BCUT2D eigenvalue weighted by Gasteiger charge is 2.12. The van der Waals surface area contributed by atoms with E-state index in [1.807, 2.05) is 12.4 Å². The minimum absolute atomic E-state index is 0.796. The fourth-order valence-electron chi connectivity index (χ4n) is 3.98. The summed E-state index contributed by atoms with van der Waals surface area (Å²) in [7, 11) is 0. The van der Waals surface area contributed by atoms with Gasteiger partial charge in [0.15, 0.2) is 5.65 Å². The third-order valence-corrected chi connectivity index (χ3v) is 5.87. The number of rotatable bonds is 4. The molecule has 2 aromatic carbocycles. The summed E-state index contributed by atoms with van der Waals surface area (Å²) >= 11 is 0. The van der Waals surface area contributed by atoms with Gasteiger partial charge in [-0.2, -0.15) is 0 Å². The van der Waals surface area contributed by atoms with Crippen LogP contribution in [0.15, 0.2) is 67.0 Å². The van der Waals surface area contributed by atoms with Crippen LogP contribution in [0.5, 0.6) is 0 Å². The molecule has 1 fully saturated rings. The Morgan fingerprint density at radius 1 is 0.900 bits per heavy atom. The second-order valence-electron chi connectivity index (χ2n) is 7.82. The number of pyridine rings is 1. The van der Waals surface area contributed by atoms with E-state index >= 15 is 0 Å². The van der Waals surface area contributed by atoms with Gasteiger partial charge in [0.1, 0.15) is 0 Å². The number of ether oxygens (including phenoxy) is 1. The number of aromatic nitrogens is 2. The van der Waals surface area contributed by atoms with E-state index in [1.54, 1.807) is 0 Å². The third kappa shape index (κ3) is 3.53. The maximum Gasteiger partial charge on any atom is 0.161 e. The number of imidazole rings is 1. The number of morpholine rings is 1. The molecule has 0 spiro atoms. The van der Waals surface area contributed by atoms with Gasteiger partial charge in [0.2, 0.25) is 0 Å². The lowest BCUT2D eigenvalue weighted by Gasteiger charge is -2.29. The lowest BCUT2D eigenvalue weighted by Crippen LogP contribution is -2.36. The molecule has 4 aromatic rings. The second kappa shape index (κ2) is 7.84. The molecule has 0 unspecified atom stereocenters. The maximum atomic E-state index is 5.45. The van der Waals surface area contributed by atoms with Crippen molar-refractivity contribution >= 4 is 22.7 Å².